The van der Waals surface area contributed by atoms with Crippen LogP contribution >= 0.6 is 0 Å². The van der Waals surface area contributed by atoms with Crippen LogP contribution in [0.15, 0.2) is 18.2 Å². The Labute approximate surface area is 178 Å². The first kappa shape index (κ1) is 21.6. The molecular formula is C21H26F2N4O4. The van der Waals surface area contributed by atoms with Crippen LogP contribution in [0, 0.1) is 0 Å². The van der Waals surface area contributed by atoms with E-state index in [0.29, 0.717) is 0 Å². The van der Waals surface area contributed by atoms with Gasteiger partial charge in [-0.15, -0.1) is 0 Å². The molecule has 2 aliphatic carbocycles. The summed E-state index contributed by atoms with van der Waals surface area (Å²) in [7, 11) is 0. The molecule has 3 aliphatic rings. The summed E-state index contributed by atoms with van der Waals surface area (Å²) < 4.78 is 32.6. The van der Waals surface area contributed by atoms with Crippen molar-refractivity contribution in [1.82, 2.24) is 4.90 Å². The molecule has 4 rings (SSSR count). The molecule has 0 bridgehead atoms. The Kier molecular flexibility index (Phi) is 6.19. The third-order valence-electron chi connectivity index (χ3n) is 6.09. The number of hydrogen-bond donors (Lipinski definition) is 2. The fraction of sp³-hybridized carbons (Fsp3) is 0.571. The van der Waals surface area contributed by atoms with Crippen molar-refractivity contribution in [2.45, 2.75) is 56.7 Å². The van der Waals surface area contributed by atoms with Crippen LogP contribution in [0.5, 0.6) is 0 Å². The number of amides is 3. The highest BCUT2D eigenvalue weighted by Gasteiger charge is 2.45. The average Bonchev–Trinajstić information content (AvgIpc) is 3.51. The first-order valence-corrected chi connectivity index (χ1v) is 10.5. The molecule has 0 spiro atoms. The van der Waals surface area contributed by atoms with Gasteiger partial charge in [-0.3, -0.25) is 19.3 Å². The highest BCUT2D eigenvalue weighted by atomic mass is 19.3. The topological polar surface area (TPSA) is 105 Å². The van der Waals surface area contributed by atoms with E-state index in [4.69, 9.17) is 10.5 Å². The number of primary amides is 1. The number of alkyl halides is 2. The molecule has 10 heteroatoms. The molecule has 1 aliphatic heterocycles. The van der Waals surface area contributed by atoms with E-state index >= 15 is 0 Å². The normalized spacial score (nSPS) is 20.6. The van der Waals surface area contributed by atoms with Crippen LogP contribution in [0.4, 0.5) is 20.2 Å². The van der Waals surface area contributed by atoms with Gasteiger partial charge in [-0.25, -0.2) is 8.78 Å². The number of carbonyl (C=O) groups excluding carboxylic acids is 3. The number of carbonyl (C=O) groups is 3. The van der Waals surface area contributed by atoms with Gasteiger partial charge < -0.3 is 20.7 Å². The Bertz CT molecular complexity index is 873. The van der Waals surface area contributed by atoms with Crippen LogP contribution in [0.2, 0.25) is 0 Å². The van der Waals surface area contributed by atoms with Gasteiger partial charge >= 0.3 is 0 Å². The molecule has 1 saturated heterocycles. The maximum Gasteiger partial charge on any atom is 0.265 e. The maximum absolute atomic E-state index is 13.8. The van der Waals surface area contributed by atoms with E-state index in [-0.39, 0.29) is 48.8 Å². The van der Waals surface area contributed by atoms with Crippen LogP contribution < -0.4 is 16.0 Å². The number of nitrogens with zero attached hydrogens (tertiary/aromatic N) is 2. The van der Waals surface area contributed by atoms with Gasteiger partial charge in [-0.1, -0.05) is 6.42 Å². The molecule has 1 atom stereocenters. The van der Waals surface area contributed by atoms with Gasteiger partial charge in [0.15, 0.2) is 6.04 Å². The van der Waals surface area contributed by atoms with Crippen LogP contribution in [-0.2, 0) is 19.1 Å². The zero-order chi connectivity index (χ0) is 22.1. The second-order valence-electron chi connectivity index (χ2n) is 8.23. The van der Waals surface area contributed by atoms with Crippen molar-refractivity contribution in [2.75, 3.05) is 30.0 Å². The summed E-state index contributed by atoms with van der Waals surface area (Å²) in [6.07, 6.45) is 1.82. The summed E-state index contributed by atoms with van der Waals surface area (Å²) in [5.74, 6) is -1.78. The van der Waals surface area contributed by atoms with E-state index in [9.17, 15) is 23.2 Å². The van der Waals surface area contributed by atoms with Crippen LogP contribution in [0.25, 0.3) is 0 Å². The van der Waals surface area contributed by atoms with Gasteiger partial charge in [0.1, 0.15) is 6.61 Å². The van der Waals surface area contributed by atoms with Gasteiger partial charge in [0.2, 0.25) is 5.91 Å². The fourth-order valence-corrected chi connectivity index (χ4v) is 4.23. The van der Waals surface area contributed by atoms with Crippen molar-refractivity contribution in [1.29, 1.82) is 0 Å². The lowest BCUT2D eigenvalue weighted by Gasteiger charge is -2.41. The number of hydrogen-bond acceptors (Lipinski definition) is 5. The Hall–Kier alpha value is -2.59. The fourth-order valence-electron chi connectivity index (χ4n) is 4.23. The Balaban J connectivity index is 1.56. The molecule has 168 valence electrons. The maximum atomic E-state index is 13.8. The Morgan fingerprint density at radius 3 is 2.45 bits per heavy atom. The number of nitrogens with one attached hydrogen (secondary N) is 1. The van der Waals surface area contributed by atoms with Crippen LogP contribution in [-0.4, -0.2) is 60.5 Å². The van der Waals surface area contributed by atoms with Gasteiger partial charge in [0.25, 0.3) is 18.2 Å². The van der Waals surface area contributed by atoms with Crippen molar-refractivity contribution >= 4 is 29.1 Å². The molecule has 3 fully saturated rings. The summed E-state index contributed by atoms with van der Waals surface area (Å²) in [6.45, 7) is 0.261. The highest BCUT2D eigenvalue weighted by molar-refractivity contribution is 6.10. The minimum absolute atomic E-state index is 0.0850. The van der Waals surface area contributed by atoms with Crippen LogP contribution in [0.1, 0.15) is 44.1 Å². The number of ether oxygens (including phenoxy) is 1. The molecule has 8 nitrogen and oxygen atoms in total. The number of anilines is 2. The summed E-state index contributed by atoms with van der Waals surface area (Å²) in [5.41, 5.74) is 5.41. The molecular weight excluding hydrogens is 410 g/mol. The molecule has 31 heavy (non-hydrogen) atoms. The number of halogens is 2. The lowest BCUT2D eigenvalue weighted by atomic mass is 9.89. The molecule has 0 unspecified atom stereocenters. The van der Waals surface area contributed by atoms with E-state index in [1.54, 1.807) is 0 Å². The Morgan fingerprint density at radius 2 is 1.90 bits per heavy atom. The number of benzene rings is 1. The largest absolute Gasteiger partial charge is 0.370 e. The van der Waals surface area contributed by atoms with Crippen LogP contribution in [0.3, 0.4) is 0 Å². The van der Waals surface area contributed by atoms with Gasteiger partial charge in [-0.2, -0.15) is 0 Å². The summed E-state index contributed by atoms with van der Waals surface area (Å²) in [5, 5.41) is 2.58. The minimum Gasteiger partial charge on any atom is -0.370 e. The standard InChI is InChI=1S/C21H26F2N4O4/c22-19(23)15-10-12(4-7-16(15)26-8-9-31-11-17(26)28)25-21(30)18(20(24)29)27(14-5-6-14)13-2-1-3-13/h4,7,10,13-14,18-19H,1-3,5-6,8-9,11H2,(H2,24,29)(H,25,30)/t18-/m1/s1. The second-order valence-corrected chi connectivity index (χ2v) is 8.23. The van der Waals surface area contributed by atoms with E-state index in [2.05, 4.69) is 5.32 Å². The predicted molar refractivity (Wildman–Crippen MR) is 109 cm³/mol. The molecule has 3 amide bonds. The van der Waals surface area contributed by atoms with Crippen molar-refractivity contribution in [3.63, 3.8) is 0 Å². The minimum atomic E-state index is -2.85. The molecule has 1 heterocycles. The monoisotopic (exact) mass is 436 g/mol. The lowest BCUT2D eigenvalue weighted by Crippen LogP contribution is -2.58. The second kappa shape index (κ2) is 8.88. The summed E-state index contributed by atoms with van der Waals surface area (Å²) in [4.78, 5) is 40.4. The Morgan fingerprint density at radius 1 is 1.19 bits per heavy atom. The van der Waals surface area contributed by atoms with Crippen molar-refractivity contribution in [3.05, 3.63) is 23.8 Å². The lowest BCUT2D eigenvalue weighted by molar-refractivity contribution is -0.135. The predicted octanol–water partition coefficient (Wildman–Crippen LogP) is 1.80. The zero-order valence-corrected chi connectivity index (χ0v) is 17.1. The highest BCUT2D eigenvalue weighted by Crippen LogP contribution is 2.38. The molecule has 3 N–H and O–H groups in total. The van der Waals surface area contributed by atoms with Gasteiger partial charge in [-0.05, 0) is 43.9 Å². The SMILES string of the molecule is NC(=O)[C@H](C(=O)Nc1ccc(N2CCOCC2=O)c(C(F)F)c1)N(C1CCC1)C1CC1. The smallest absolute Gasteiger partial charge is 0.265 e. The van der Waals surface area contributed by atoms with E-state index in [1.807, 2.05) is 4.90 Å². The number of rotatable bonds is 8. The molecule has 0 aromatic heterocycles. The zero-order valence-electron chi connectivity index (χ0n) is 17.1. The first-order valence-electron chi connectivity index (χ1n) is 10.5. The van der Waals surface area contributed by atoms with Crippen molar-refractivity contribution in [2.24, 2.45) is 5.73 Å². The van der Waals surface area contributed by atoms with E-state index < -0.39 is 30.2 Å². The van der Waals surface area contributed by atoms with E-state index in [1.165, 1.54) is 17.0 Å². The quantitative estimate of drug-likeness (QED) is 0.605. The number of morpholine rings is 1. The summed E-state index contributed by atoms with van der Waals surface area (Å²) >= 11 is 0. The van der Waals surface area contributed by atoms with Gasteiger partial charge in [0, 0.05) is 29.9 Å². The molecule has 0 radical (unpaired) electrons. The number of nitrogens with two attached hydrogens (primary N) is 1. The molecule has 2 saturated carbocycles. The molecule has 1 aromatic carbocycles. The average molecular weight is 436 g/mol. The molecule has 1 aromatic rings. The van der Waals surface area contributed by atoms with E-state index in [0.717, 1.165) is 38.2 Å². The summed E-state index contributed by atoms with van der Waals surface area (Å²) in [6, 6.07) is 3.12. The van der Waals surface area contributed by atoms with Crippen molar-refractivity contribution in [3.8, 4) is 0 Å². The third kappa shape index (κ3) is 4.54. The van der Waals surface area contributed by atoms with Crippen molar-refractivity contribution < 1.29 is 27.9 Å². The van der Waals surface area contributed by atoms with Gasteiger partial charge in [0.05, 0.1) is 12.3 Å². The third-order valence-corrected chi connectivity index (χ3v) is 6.09. The first-order chi connectivity index (χ1) is 14.9.